The van der Waals surface area contributed by atoms with Gasteiger partial charge < -0.3 is 5.32 Å². The number of nitrogens with one attached hydrogen (secondary N) is 1. The van der Waals surface area contributed by atoms with Crippen molar-refractivity contribution in [3.8, 4) is 5.69 Å². The Hall–Kier alpha value is -3.90. The van der Waals surface area contributed by atoms with Gasteiger partial charge in [-0.05, 0) is 36.8 Å². The van der Waals surface area contributed by atoms with E-state index < -0.39 is 58.2 Å². The number of fused-ring (bicyclic) bond motifs is 1. The lowest BCUT2D eigenvalue weighted by Gasteiger charge is -2.22. The average molecular weight is 538 g/mol. The molecule has 200 valence electrons. The highest BCUT2D eigenvalue weighted by Crippen LogP contribution is 2.40. The number of pyridine rings is 2. The smallest absolute Gasteiger partial charge is 0.340 e. The summed E-state index contributed by atoms with van der Waals surface area (Å²) in [7, 11) is 0. The third-order valence-electron chi connectivity index (χ3n) is 6.63. The molecule has 1 aromatic carbocycles. The summed E-state index contributed by atoms with van der Waals surface area (Å²) in [5, 5.41) is 1.48. The minimum atomic E-state index is -4.78. The number of hydrogen-bond donors (Lipinski definition) is 1. The van der Waals surface area contributed by atoms with E-state index in [-0.39, 0.29) is 47.9 Å². The highest BCUT2D eigenvalue weighted by atomic mass is 19.4. The van der Waals surface area contributed by atoms with Crippen LogP contribution in [0, 0.1) is 29.3 Å². The molecule has 2 aliphatic rings. The van der Waals surface area contributed by atoms with E-state index in [1.54, 1.807) is 0 Å². The minimum Gasteiger partial charge on any atom is -0.340 e. The van der Waals surface area contributed by atoms with Crippen LogP contribution in [0.5, 0.6) is 0 Å². The molecule has 0 spiro atoms. The molecule has 2 fully saturated rings. The maximum absolute atomic E-state index is 14.8. The van der Waals surface area contributed by atoms with Crippen molar-refractivity contribution < 1.29 is 35.9 Å². The van der Waals surface area contributed by atoms with Crippen LogP contribution in [0.15, 0.2) is 35.3 Å². The van der Waals surface area contributed by atoms with Crippen molar-refractivity contribution in [2.24, 2.45) is 11.8 Å². The molecule has 3 aromatic rings. The molecule has 3 heterocycles. The summed E-state index contributed by atoms with van der Waals surface area (Å²) in [5.41, 5.74) is -3.15. The SMILES string of the molecule is CC1CC(=O)N(c2ccc3c(=O)c(C(=O)N[C@@H](C4CC4)C(F)(F)F)cn(-c4c(F)cc(F)cc4F)c3n2)C1. The van der Waals surface area contributed by atoms with Crippen molar-refractivity contribution in [1.29, 1.82) is 0 Å². The van der Waals surface area contributed by atoms with E-state index in [4.69, 9.17) is 0 Å². The molecule has 1 aliphatic carbocycles. The predicted octanol–water partition coefficient (Wildman–Crippen LogP) is 4.25. The van der Waals surface area contributed by atoms with Crippen molar-refractivity contribution in [2.75, 3.05) is 11.4 Å². The molecular formula is C25H20F6N4O3. The van der Waals surface area contributed by atoms with Gasteiger partial charge in [-0.3, -0.25) is 23.9 Å². The van der Waals surface area contributed by atoms with Gasteiger partial charge in [0.1, 0.15) is 28.9 Å². The van der Waals surface area contributed by atoms with Gasteiger partial charge in [0.25, 0.3) is 5.91 Å². The molecule has 2 atom stereocenters. The van der Waals surface area contributed by atoms with Gasteiger partial charge in [-0.1, -0.05) is 6.92 Å². The van der Waals surface area contributed by atoms with Crippen LogP contribution in [0.4, 0.5) is 32.2 Å². The second-order valence-electron chi connectivity index (χ2n) is 9.64. The number of anilines is 1. The molecule has 1 saturated carbocycles. The minimum absolute atomic E-state index is 0.00621. The topological polar surface area (TPSA) is 84.3 Å². The number of halogens is 6. The largest absolute Gasteiger partial charge is 0.408 e. The Bertz CT molecular complexity index is 1510. The average Bonchev–Trinajstić information content (AvgIpc) is 3.59. The molecule has 7 nitrogen and oxygen atoms in total. The molecule has 38 heavy (non-hydrogen) atoms. The van der Waals surface area contributed by atoms with E-state index in [1.807, 2.05) is 12.2 Å². The molecule has 1 aliphatic heterocycles. The molecular weight excluding hydrogens is 518 g/mol. The number of benzene rings is 1. The van der Waals surface area contributed by atoms with E-state index in [2.05, 4.69) is 4.98 Å². The van der Waals surface area contributed by atoms with Crippen molar-refractivity contribution in [3.05, 3.63) is 63.7 Å². The van der Waals surface area contributed by atoms with Gasteiger partial charge >= 0.3 is 6.18 Å². The number of hydrogen-bond acceptors (Lipinski definition) is 4. The van der Waals surface area contributed by atoms with Gasteiger partial charge in [-0.2, -0.15) is 13.2 Å². The molecule has 1 saturated heterocycles. The fourth-order valence-electron chi connectivity index (χ4n) is 4.66. The zero-order chi connectivity index (χ0) is 27.5. The lowest BCUT2D eigenvalue weighted by Crippen LogP contribution is -2.48. The third-order valence-corrected chi connectivity index (χ3v) is 6.63. The molecule has 0 bridgehead atoms. The van der Waals surface area contributed by atoms with Gasteiger partial charge in [0.05, 0.1) is 5.39 Å². The molecule has 5 rings (SSSR count). The van der Waals surface area contributed by atoms with E-state index in [1.165, 1.54) is 17.0 Å². The van der Waals surface area contributed by atoms with Crippen molar-refractivity contribution in [1.82, 2.24) is 14.9 Å². The molecule has 2 aromatic heterocycles. The Morgan fingerprint density at radius 1 is 1.11 bits per heavy atom. The summed E-state index contributed by atoms with van der Waals surface area (Å²) in [6, 6.07) is 0.993. The van der Waals surface area contributed by atoms with Gasteiger partial charge in [0.2, 0.25) is 11.3 Å². The first-order valence-electron chi connectivity index (χ1n) is 11.7. The summed E-state index contributed by atoms with van der Waals surface area (Å²) >= 11 is 0. The fourth-order valence-corrected chi connectivity index (χ4v) is 4.66. The Morgan fingerprint density at radius 2 is 1.76 bits per heavy atom. The van der Waals surface area contributed by atoms with Gasteiger partial charge in [-0.25, -0.2) is 18.2 Å². The molecule has 0 radical (unpaired) electrons. The summed E-state index contributed by atoms with van der Waals surface area (Å²) in [4.78, 5) is 44.1. The van der Waals surface area contributed by atoms with Crippen LogP contribution in [0.1, 0.15) is 36.5 Å². The number of aromatic nitrogens is 2. The van der Waals surface area contributed by atoms with E-state index in [0.29, 0.717) is 29.4 Å². The standard InChI is InChI=1S/C25H20F6N4O3/c1-11-6-19(36)34(9-11)18-5-4-14-21(37)15(24(38)33-22(12-2-3-12)25(29,30)31)10-35(23(14)32-18)20-16(27)7-13(26)8-17(20)28/h4-5,7-8,10-12,22H,2-3,6,9H2,1H3,(H,33,38)/t11?,22-/m0/s1. The number of carbonyl (C=O) groups is 2. The normalized spacial score (nSPS) is 18.8. The van der Waals surface area contributed by atoms with Crippen LogP contribution in [-0.2, 0) is 4.79 Å². The lowest BCUT2D eigenvalue weighted by atomic mass is 10.1. The first-order valence-corrected chi connectivity index (χ1v) is 11.7. The highest BCUT2D eigenvalue weighted by Gasteiger charge is 2.50. The summed E-state index contributed by atoms with van der Waals surface area (Å²) in [5.74, 6) is -6.53. The van der Waals surface area contributed by atoms with Crippen LogP contribution in [-0.4, -0.2) is 40.1 Å². The number of amides is 2. The molecule has 2 amide bonds. The maximum Gasteiger partial charge on any atom is 0.408 e. The Kier molecular flexibility index (Phi) is 6.19. The number of carbonyl (C=O) groups excluding carboxylic acids is 2. The van der Waals surface area contributed by atoms with Gasteiger partial charge in [0.15, 0.2) is 17.3 Å². The molecule has 1 unspecified atom stereocenters. The zero-order valence-corrected chi connectivity index (χ0v) is 19.8. The Labute approximate surface area is 211 Å². The molecule has 1 N–H and O–H groups in total. The van der Waals surface area contributed by atoms with Crippen LogP contribution in [0.3, 0.4) is 0 Å². The van der Waals surface area contributed by atoms with Crippen LogP contribution in [0.25, 0.3) is 16.7 Å². The zero-order valence-electron chi connectivity index (χ0n) is 19.8. The predicted molar refractivity (Wildman–Crippen MR) is 123 cm³/mol. The van der Waals surface area contributed by atoms with Crippen LogP contribution in [0.2, 0.25) is 0 Å². The monoisotopic (exact) mass is 538 g/mol. The molecule has 13 heteroatoms. The number of rotatable bonds is 5. The first-order chi connectivity index (χ1) is 17.8. The first kappa shape index (κ1) is 25.7. The summed E-state index contributed by atoms with van der Waals surface area (Å²) in [6.07, 6.45) is -3.41. The fraction of sp³-hybridized carbons (Fsp3) is 0.360. The van der Waals surface area contributed by atoms with Crippen molar-refractivity contribution >= 4 is 28.7 Å². The van der Waals surface area contributed by atoms with Crippen molar-refractivity contribution in [3.63, 3.8) is 0 Å². The number of nitrogens with zero attached hydrogens (tertiary/aromatic N) is 3. The quantitative estimate of drug-likeness (QED) is 0.493. The van der Waals surface area contributed by atoms with Gasteiger partial charge in [-0.15, -0.1) is 0 Å². The van der Waals surface area contributed by atoms with E-state index in [0.717, 1.165) is 0 Å². The highest BCUT2D eigenvalue weighted by molar-refractivity contribution is 5.99. The maximum atomic E-state index is 14.8. The van der Waals surface area contributed by atoms with Crippen LogP contribution >= 0.6 is 0 Å². The van der Waals surface area contributed by atoms with E-state index >= 15 is 0 Å². The van der Waals surface area contributed by atoms with Gasteiger partial charge in [0, 0.05) is 31.3 Å². The van der Waals surface area contributed by atoms with Crippen molar-refractivity contribution in [2.45, 2.75) is 38.4 Å². The second kappa shape index (κ2) is 9.14. The second-order valence-corrected chi connectivity index (χ2v) is 9.64. The lowest BCUT2D eigenvalue weighted by molar-refractivity contribution is -0.158. The Morgan fingerprint density at radius 3 is 2.32 bits per heavy atom. The third kappa shape index (κ3) is 4.61. The number of alkyl halides is 3. The summed E-state index contributed by atoms with van der Waals surface area (Å²) in [6.45, 7) is 2.13. The van der Waals surface area contributed by atoms with E-state index in [9.17, 15) is 40.7 Å². The Balaban J connectivity index is 1.70. The van der Waals surface area contributed by atoms with Crippen LogP contribution < -0.4 is 15.6 Å². The summed E-state index contributed by atoms with van der Waals surface area (Å²) < 4.78 is 84.5.